The van der Waals surface area contributed by atoms with Gasteiger partial charge in [-0.25, -0.2) is 4.52 Å². The van der Waals surface area contributed by atoms with E-state index in [4.69, 9.17) is 4.42 Å². The molecule has 0 unspecified atom stereocenters. The van der Waals surface area contributed by atoms with Crippen molar-refractivity contribution in [3.8, 4) is 0 Å². The summed E-state index contributed by atoms with van der Waals surface area (Å²) in [5, 5.41) is 7.49. The lowest BCUT2D eigenvalue weighted by molar-refractivity contribution is 0.564. The molecule has 0 bridgehead atoms. The number of rotatable bonds is 3. The zero-order valence-corrected chi connectivity index (χ0v) is 9.42. The highest BCUT2D eigenvalue weighted by molar-refractivity contribution is 5.44. The molecule has 0 saturated carbocycles. The maximum atomic E-state index is 4.99. The molecule has 0 amide bonds. The first-order chi connectivity index (χ1) is 8.31. The molecule has 0 aliphatic carbocycles. The molecule has 5 nitrogen and oxygen atoms in total. The number of aryl methyl sites for hydroxylation is 1. The summed E-state index contributed by atoms with van der Waals surface area (Å²) >= 11 is 0. The Bertz CT molecular complexity index is 627. The van der Waals surface area contributed by atoms with Crippen LogP contribution in [0.25, 0.3) is 5.65 Å². The molecule has 3 rings (SSSR count). The van der Waals surface area contributed by atoms with E-state index in [2.05, 4.69) is 15.4 Å². The second-order valence-corrected chi connectivity index (χ2v) is 3.93. The number of furan rings is 1. The van der Waals surface area contributed by atoms with Crippen molar-refractivity contribution in [1.29, 1.82) is 0 Å². The van der Waals surface area contributed by atoms with Gasteiger partial charge >= 0.3 is 0 Å². The topological polar surface area (TPSA) is 55.4 Å². The van der Waals surface area contributed by atoms with E-state index < -0.39 is 0 Å². The van der Waals surface area contributed by atoms with Gasteiger partial charge in [0.25, 0.3) is 0 Å². The maximum Gasteiger partial charge on any atom is 0.243 e. The minimum absolute atomic E-state index is 0.622. The lowest BCUT2D eigenvalue weighted by Gasteiger charge is -1.96. The second kappa shape index (κ2) is 3.93. The van der Waals surface area contributed by atoms with Gasteiger partial charge in [0.2, 0.25) is 5.95 Å². The quantitative estimate of drug-likeness (QED) is 0.747. The molecule has 0 radical (unpaired) electrons. The summed E-state index contributed by atoms with van der Waals surface area (Å²) < 4.78 is 6.76. The standard InChI is InChI=1S/C12H12N4O/c1-9-2-3-11-14-12(15-16(11)7-9)13-6-10-4-5-17-8-10/h2-5,7-8H,6H2,1H3,(H,13,15). The zero-order valence-electron chi connectivity index (χ0n) is 9.42. The largest absolute Gasteiger partial charge is 0.472 e. The van der Waals surface area contributed by atoms with Crippen LogP contribution in [0.3, 0.4) is 0 Å². The minimum Gasteiger partial charge on any atom is -0.472 e. The molecule has 0 fully saturated rings. The van der Waals surface area contributed by atoms with Crippen molar-refractivity contribution < 1.29 is 4.42 Å². The molecule has 0 atom stereocenters. The van der Waals surface area contributed by atoms with Crippen molar-refractivity contribution in [3.05, 3.63) is 48.0 Å². The van der Waals surface area contributed by atoms with Crippen LogP contribution in [0.5, 0.6) is 0 Å². The average Bonchev–Trinajstić information content (AvgIpc) is 2.94. The van der Waals surface area contributed by atoms with E-state index >= 15 is 0 Å². The Morgan fingerprint density at radius 2 is 2.29 bits per heavy atom. The van der Waals surface area contributed by atoms with Crippen LogP contribution in [-0.2, 0) is 6.54 Å². The molecule has 0 aliphatic rings. The number of hydrogen-bond acceptors (Lipinski definition) is 4. The van der Waals surface area contributed by atoms with Gasteiger partial charge in [-0.15, -0.1) is 5.10 Å². The number of nitrogens with zero attached hydrogens (tertiary/aromatic N) is 3. The third-order valence-electron chi connectivity index (χ3n) is 2.51. The fourth-order valence-corrected chi connectivity index (χ4v) is 1.64. The van der Waals surface area contributed by atoms with Crippen LogP contribution in [0, 0.1) is 6.92 Å². The molecule has 3 heterocycles. The number of anilines is 1. The van der Waals surface area contributed by atoms with E-state index in [-0.39, 0.29) is 0 Å². The average molecular weight is 228 g/mol. The Morgan fingerprint density at radius 1 is 1.35 bits per heavy atom. The fourth-order valence-electron chi connectivity index (χ4n) is 1.64. The SMILES string of the molecule is Cc1ccc2nc(NCc3ccoc3)nn2c1. The van der Waals surface area contributed by atoms with Crippen molar-refractivity contribution in [1.82, 2.24) is 14.6 Å². The number of nitrogens with one attached hydrogen (secondary N) is 1. The van der Waals surface area contributed by atoms with Crippen LogP contribution in [0.15, 0.2) is 41.3 Å². The van der Waals surface area contributed by atoms with E-state index in [9.17, 15) is 0 Å². The van der Waals surface area contributed by atoms with Crippen LogP contribution in [0.2, 0.25) is 0 Å². The monoisotopic (exact) mass is 228 g/mol. The summed E-state index contributed by atoms with van der Waals surface area (Å²) in [6, 6.07) is 5.88. The lowest BCUT2D eigenvalue weighted by Crippen LogP contribution is -1.99. The molecular formula is C12H12N4O. The van der Waals surface area contributed by atoms with E-state index in [1.165, 1.54) is 0 Å². The number of fused-ring (bicyclic) bond motifs is 1. The highest BCUT2D eigenvalue weighted by Crippen LogP contribution is 2.08. The highest BCUT2D eigenvalue weighted by atomic mass is 16.3. The summed E-state index contributed by atoms with van der Waals surface area (Å²) in [4.78, 5) is 4.36. The normalized spacial score (nSPS) is 10.9. The van der Waals surface area contributed by atoms with Crippen LogP contribution in [0.4, 0.5) is 5.95 Å². The van der Waals surface area contributed by atoms with E-state index in [1.807, 2.05) is 31.3 Å². The first kappa shape index (κ1) is 9.89. The summed E-state index contributed by atoms with van der Waals surface area (Å²) in [6.45, 7) is 2.69. The molecular weight excluding hydrogens is 216 g/mol. The van der Waals surface area contributed by atoms with Crippen molar-refractivity contribution in [2.24, 2.45) is 0 Å². The Morgan fingerprint density at radius 3 is 3.12 bits per heavy atom. The molecule has 0 aromatic carbocycles. The lowest BCUT2D eigenvalue weighted by atomic mass is 10.3. The molecule has 0 spiro atoms. The Kier molecular flexibility index (Phi) is 2.29. The molecule has 0 aliphatic heterocycles. The van der Waals surface area contributed by atoms with Gasteiger partial charge in [-0.3, -0.25) is 0 Å². The number of hydrogen-bond donors (Lipinski definition) is 1. The molecule has 86 valence electrons. The third kappa shape index (κ3) is 1.99. The van der Waals surface area contributed by atoms with E-state index in [0.29, 0.717) is 12.5 Å². The van der Waals surface area contributed by atoms with Crippen molar-refractivity contribution in [2.75, 3.05) is 5.32 Å². The van der Waals surface area contributed by atoms with Gasteiger partial charge in [-0.05, 0) is 24.6 Å². The van der Waals surface area contributed by atoms with Gasteiger partial charge in [0, 0.05) is 18.3 Å². The molecule has 3 aromatic rings. The van der Waals surface area contributed by atoms with Crippen molar-refractivity contribution in [2.45, 2.75) is 13.5 Å². The first-order valence-electron chi connectivity index (χ1n) is 5.39. The second-order valence-electron chi connectivity index (χ2n) is 3.93. The van der Waals surface area contributed by atoms with Crippen LogP contribution >= 0.6 is 0 Å². The molecule has 17 heavy (non-hydrogen) atoms. The Hall–Kier alpha value is -2.30. The summed E-state index contributed by atoms with van der Waals surface area (Å²) in [5.41, 5.74) is 3.06. The van der Waals surface area contributed by atoms with Crippen molar-refractivity contribution in [3.63, 3.8) is 0 Å². The van der Waals surface area contributed by atoms with E-state index in [1.54, 1.807) is 17.0 Å². The predicted molar refractivity (Wildman–Crippen MR) is 63.8 cm³/mol. The van der Waals surface area contributed by atoms with Gasteiger partial charge < -0.3 is 9.73 Å². The first-order valence-corrected chi connectivity index (χ1v) is 5.39. The molecule has 0 saturated heterocycles. The Balaban J connectivity index is 1.81. The zero-order chi connectivity index (χ0) is 11.7. The predicted octanol–water partition coefficient (Wildman–Crippen LogP) is 2.24. The smallest absolute Gasteiger partial charge is 0.243 e. The van der Waals surface area contributed by atoms with E-state index in [0.717, 1.165) is 16.8 Å². The Labute approximate surface area is 98.1 Å². The third-order valence-corrected chi connectivity index (χ3v) is 2.51. The van der Waals surface area contributed by atoms with Crippen LogP contribution in [0.1, 0.15) is 11.1 Å². The van der Waals surface area contributed by atoms with Gasteiger partial charge in [0.1, 0.15) is 0 Å². The fraction of sp³-hybridized carbons (Fsp3) is 0.167. The molecule has 3 aromatic heterocycles. The molecule has 5 heteroatoms. The molecule has 1 N–H and O–H groups in total. The van der Waals surface area contributed by atoms with Gasteiger partial charge in [-0.2, -0.15) is 4.98 Å². The number of pyridine rings is 1. The van der Waals surface area contributed by atoms with Gasteiger partial charge in [-0.1, -0.05) is 6.07 Å². The minimum atomic E-state index is 0.622. The van der Waals surface area contributed by atoms with Crippen molar-refractivity contribution >= 4 is 11.6 Å². The summed E-state index contributed by atoms with van der Waals surface area (Å²) in [5.74, 6) is 0.622. The maximum absolute atomic E-state index is 4.99. The van der Waals surface area contributed by atoms with Crippen LogP contribution < -0.4 is 5.32 Å². The van der Waals surface area contributed by atoms with Gasteiger partial charge in [0.15, 0.2) is 5.65 Å². The number of aromatic nitrogens is 3. The van der Waals surface area contributed by atoms with Gasteiger partial charge in [0.05, 0.1) is 12.5 Å². The van der Waals surface area contributed by atoms with Crippen LogP contribution in [-0.4, -0.2) is 14.6 Å². The highest BCUT2D eigenvalue weighted by Gasteiger charge is 2.03. The summed E-state index contributed by atoms with van der Waals surface area (Å²) in [7, 11) is 0. The summed E-state index contributed by atoms with van der Waals surface area (Å²) in [6.07, 6.45) is 5.30.